The topological polar surface area (TPSA) is 71.2 Å². The summed E-state index contributed by atoms with van der Waals surface area (Å²) in [6.45, 7) is 4.38. The summed E-state index contributed by atoms with van der Waals surface area (Å²) >= 11 is 0. The summed E-state index contributed by atoms with van der Waals surface area (Å²) in [6, 6.07) is 3.73. The molecule has 0 aromatic carbocycles. The summed E-state index contributed by atoms with van der Waals surface area (Å²) in [5.74, 6) is 0.652. The fourth-order valence-electron chi connectivity index (χ4n) is 2.16. The van der Waals surface area contributed by atoms with Crippen LogP contribution in [0.2, 0.25) is 0 Å². The number of piperazine rings is 1. The maximum atomic E-state index is 11.7. The number of nitrogens with two attached hydrogens (primary N) is 1. The SMILES string of the molecule is CCC1C(=O)NCCN1Cc1ccc(N)nc1. The van der Waals surface area contributed by atoms with Crippen LogP contribution in [-0.4, -0.2) is 34.9 Å². The summed E-state index contributed by atoms with van der Waals surface area (Å²) in [4.78, 5) is 17.9. The van der Waals surface area contributed by atoms with E-state index in [2.05, 4.69) is 15.2 Å². The highest BCUT2D eigenvalue weighted by Crippen LogP contribution is 2.13. The lowest BCUT2D eigenvalue weighted by atomic mass is 10.1. The van der Waals surface area contributed by atoms with Crippen LogP contribution in [0.15, 0.2) is 18.3 Å². The first-order valence-corrected chi connectivity index (χ1v) is 5.93. The minimum atomic E-state index is -0.0266. The molecule has 1 amide bonds. The van der Waals surface area contributed by atoms with E-state index >= 15 is 0 Å². The van der Waals surface area contributed by atoms with Crippen molar-refractivity contribution in [1.29, 1.82) is 0 Å². The molecule has 92 valence electrons. The van der Waals surface area contributed by atoms with Crippen molar-refractivity contribution in [3.8, 4) is 0 Å². The third-order valence-corrected chi connectivity index (χ3v) is 3.06. The van der Waals surface area contributed by atoms with Crippen LogP contribution in [0, 0.1) is 0 Å². The number of nitrogens with zero attached hydrogens (tertiary/aromatic N) is 2. The monoisotopic (exact) mass is 234 g/mol. The molecule has 2 rings (SSSR count). The highest BCUT2D eigenvalue weighted by molar-refractivity contribution is 5.82. The zero-order chi connectivity index (χ0) is 12.3. The summed E-state index contributed by atoms with van der Waals surface area (Å²) in [5.41, 5.74) is 6.64. The Kier molecular flexibility index (Phi) is 3.58. The first-order valence-electron chi connectivity index (χ1n) is 5.93. The van der Waals surface area contributed by atoms with Crippen LogP contribution in [0.25, 0.3) is 0 Å². The van der Waals surface area contributed by atoms with E-state index in [1.807, 2.05) is 13.0 Å². The molecule has 1 aliphatic heterocycles. The molecule has 1 atom stereocenters. The van der Waals surface area contributed by atoms with Gasteiger partial charge in [-0.25, -0.2) is 4.98 Å². The highest BCUT2D eigenvalue weighted by atomic mass is 16.2. The summed E-state index contributed by atoms with van der Waals surface area (Å²) in [6.07, 6.45) is 2.60. The van der Waals surface area contributed by atoms with Crippen molar-refractivity contribution in [2.75, 3.05) is 18.8 Å². The molecule has 1 fully saturated rings. The predicted octanol–water partition coefficient (Wildman–Crippen LogP) is 0.374. The Morgan fingerprint density at radius 2 is 2.41 bits per heavy atom. The lowest BCUT2D eigenvalue weighted by molar-refractivity contribution is -0.129. The zero-order valence-electron chi connectivity index (χ0n) is 10.0. The zero-order valence-corrected chi connectivity index (χ0v) is 10.0. The van der Waals surface area contributed by atoms with Crippen LogP contribution in [0.3, 0.4) is 0 Å². The van der Waals surface area contributed by atoms with Crippen LogP contribution in [0.1, 0.15) is 18.9 Å². The van der Waals surface area contributed by atoms with Gasteiger partial charge in [0.1, 0.15) is 5.82 Å². The Hall–Kier alpha value is -1.62. The van der Waals surface area contributed by atoms with Crippen LogP contribution < -0.4 is 11.1 Å². The fourth-order valence-corrected chi connectivity index (χ4v) is 2.16. The predicted molar refractivity (Wildman–Crippen MR) is 66.1 cm³/mol. The molecule has 5 heteroatoms. The Morgan fingerprint density at radius 1 is 1.59 bits per heavy atom. The van der Waals surface area contributed by atoms with E-state index < -0.39 is 0 Å². The van der Waals surface area contributed by atoms with E-state index in [4.69, 9.17) is 5.73 Å². The number of nitrogen functional groups attached to an aromatic ring is 1. The number of aromatic nitrogens is 1. The number of pyridine rings is 1. The quantitative estimate of drug-likeness (QED) is 0.793. The number of rotatable bonds is 3. The van der Waals surface area contributed by atoms with Crippen molar-refractivity contribution < 1.29 is 4.79 Å². The van der Waals surface area contributed by atoms with E-state index in [0.29, 0.717) is 5.82 Å². The largest absolute Gasteiger partial charge is 0.384 e. The van der Waals surface area contributed by atoms with Gasteiger partial charge >= 0.3 is 0 Å². The maximum Gasteiger partial charge on any atom is 0.237 e. The van der Waals surface area contributed by atoms with Gasteiger partial charge in [-0.15, -0.1) is 0 Å². The number of carbonyl (C=O) groups is 1. The first-order chi connectivity index (χ1) is 8.20. The molecule has 2 heterocycles. The molecule has 0 spiro atoms. The molecule has 3 N–H and O–H groups in total. The molecular formula is C12H18N4O. The number of nitrogens with one attached hydrogen (secondary N) is 1. The number of anilines is 1. The van der Waals surface area contributed by atoms with E-state index in [0.717, 1.165) is 31.6 Å². The van der Waals surface area contributed by atoms with Crippen molar-refractivity contribution in [1.82, 2.24) is 15.2 Å². The lowest BCUT2D eigenvalue weighted by Gasteiger charge is -2.34. The highest BCUT2D eigenvalue weighted by Gasteiger charge is 2.27. The minimum absolute atomic E-state index is 0.0266. The molecule has 0 saturated carbocycles. The smallest absolute Gasteiger partial charge is 0.237 e. The van der Waals surface area contributed by atoms with Crippen molar-refractivity contribution >= 4 is 11.7 Å². The Balaban J connectivity index is 2.06. The molecule has 0 bridgehead atoms. The standard InChI is InChI=1S/C12H18N4O/c1-2-10-12(17)14-5-6-16(10)8-9-3-4-11(13)15-7-9/h3-4,7,10H,2,5-6,8H2,1H3,(H2,13,15)(H,14,17). The molecule has 0 radical (unpaired) electrons. The average molecular weight is 234 g/mol. The second-order valence-corrected chi connectivity index (χ2v) is 4.28. The van der Waals surface area contributed by atoms with Gasteiger partial charge in [0.15, 0.2) is 0 Å². The van der Waals surface area contributed by atoms with Crippen molar-refractivity contribution in [2.45, 2.75) is 25.9 Å². The fraction of sp³-hybridized carbons (Fsp3) is 0.500. The van der Waals surface area contributed by atoms with Crippen LogP contribution in [0.4, 0.5) is 5.82 Å². The Bertz CT molecular complexity index is 390. The molecule has 0 aliphatic carbocycles. The van der Waals surface area contributed by atoms with Gasteiger partial charge in [0.2, 0.25) is 5.91 Å². The maximum absolute atomic E-state index is 11.7. The van der Waals surface area contributed by atoms with Crippen LogP contribution in [0.5, 0.6) is 0 Å². The van der Waals surface area contributed by atoms with Gasteiger partial charge < -0.3 is 11.1 Å². The van der Waals surface area contributed by atoms with Gasteiger partial charge in [0.05, 0.1) is 6.04 Å². The molecule has 1 aromatic heterocycles. The second kappa shape index (κ2) is 5.14. The van der Waals surface area contributed by atoms with E-state index in [-0.39, 0.29) is 11.9 Å². The van der Waals surface area contributed by atoms with E-state index in [9.17, 15) is 4.79 Å². The molecule has 1 aliphatic rings. The van der Waals surface area contributed by atoms with E-state index in [1.54, 1.807) is 12.3 Å². The second-order valence-electron chi connectivity index (χ2n) is 4.28. The molecule has 1 unspecified atom stereocenters. The number of amides is 1. The van der Waals surface area contributed by atoms with Gasteiger partial charge in [-0.05, 0) is 18.1 Å². The third-order valence-electron chi connectivity index (χ3n) is 3.06. The minimum Gasteiger partial charge on any atom is -0.384 e. The van der Waals surface area contributed by atoms with Gasteiger partial charge in [0.25, 0.3) is 0 Å². The van der Waals surface area contributed by atoms with Gasteiger partial charge in [-0.2, -0.15) is 0 Å². The molecule has 5 nitrogen and oxygen atoms in total. The van der Waals surface area contributed by atoms with Gasteiger partial charge in [-0.1, -0.05) is 13.0 Å². The number of carbonyl (C=O) groups excluding carboxylic acids is 1. The summed E-state index contributed by atoms with van der Waals surface area (Å²) in [5, 5.41) is 2.89. The third kappa shape index (κ3) is 2.74. The number of hydrogen-bond donors (Lipinski definition) is 2. The summed E-state index contributed by atoms with van der Waals surface area (Å²) in [7, 11) is 0. The lowest BCUT2D eigenvalue weighted by Crippen LogP contribution is -2.54. The molecular weight excluding hydrogens is 216 g/mol. The first kappa shape index (κ1) is 11.9. The van der Waals surface area contributed by atoms with Crippen molar-refractivity contribution in [3.05, 3.63) is 23.9 Å². The number of hydrogen-bond acceptors (Lipinski definition) is 4. The van der Waals surface area contributed by atoms with Crippen LogP contribution >= 0.6 is 0 Å². The molecule has 1 aromatic rings. The normalized spacial score (nSPS) is 21.2. The molecule has 17 heavy (non-hydrogen) atoms. The summed E-state index contributed by atoms with van der Waals surface area (Å²) < 4.78 is 0. The van der Waals surface area contributed by atoms with E-state index in [1.165, 1.54) is 0 Å². The Labute approximate surface area is 101 Å². The van der Waals surface area contributed by atoms with Crippen molar-refractivity contribution in [3.63, 3.8) is 0 Å². The Morgan fingerprint density at radius 3 is 3.06 bits per heavy atom. The van der Waals surface area contributed by atoms with Gasteiger partial charge in [-0.3, -0.25) is 9.69 Å². The molecule has 1 saturated heterocycles. The van der Waals surface area contributed by atoms with Gasteiger partial charge in [0, 0.05) is 25.8 Å². The van der Waals surface area contributed by atoms with Crippen molar-refractivity contribution in [2.24, 2.45) is 0 Å². The average Bonchev–Trinajstić information content (AvgIpc) is 2.32. The van der Waals surface area contributed by atoms with Crippen LogP contribution in [-0.2, 0) is 11.3 Å².